The Bertz CT molecular complexity index is 1030. The molecular formula is C21H21ClN2O5. The summed E-state index contributed by atoms with van der Waals surface area (Å²) in [6, 6.07) is 8.77. The van der Waals surface area contributed by atoms with Gasteiger partial charge in [0.2, 0.25) is 0 Å². The van der Waals surface area contributed by atoms with Gasteiger partial charge in [-0.15, -0.1) is 0 Å². The number of rotatable bonds is 7. The number of halogens is 1. The fraction of sp³-hybridized carbons (Fsp3) is 0.238. The van der Waals surface area contributed by atoms with Gasteiger partial charge in [-0.1, -0.05) is 23.7 Å². The standard InChI is InChI=1S/C21H21ClN2O5/c1-28-14-5-3-4-13(10-14)12-24-9-8-23-18(24)7-6-15-19(21(27)29-2)16(25)11-17(26)20(15)22/h3-5,8-11,25-26H,6-7,12H2,1-2H3. The van der Waals surface area contributed by atoms with E-state index in [0.717, 1.165) is 23.2 Å². The first kappa shape index (κ1) is 20.5. The minimum absolute atomic E-state index is 0.00843. The van der Waals surface area contributed by atoms with Gasteiger partial charge in [0.25, 0.3) is 0 Å². The quantitative estimate of drug-likeness (QED) is 0.572. The third-order valence-corrected chi connectivity index (χ3v) is 5.02. The van der Waals surface area contributed by atoms with Crippen LogP contribution in [0.5, 0.6) is 17.2 Å². The lowest BCUT2D eigenvalue weighted by Gasteiger charge is -2.14. The summed E-state index contributed by atoms with van der Waals surface area (Å²) >= 11 is 6.20. The van der Waals surface area contributed by atoms with Gasteiger partial charge in [-0.2, -0.15) is 0 Å². The van der Waals surface area contributed by atoms with Crippen LogP contribution in [0.2, 0.25) is 5.02 Å². The Hall–Kier alpha value is -3.19. The molecule has 0 saturated heterocycles. The van der Waals surface area contributed by atoms with Crippen LogP contribution in [-0.4, -0.2) is 40.0 Å². The number of benzene rings is 2. The van der Waals surface area contributed by atoms with Gasteiger partial charge >= 0.3 is 5.97 Å². The van der Waals surface area contributed by atoms with Gasteiger partial charge in [0.1, 0.15) is 28.6 Å². The Balaban J connectivity index is 1.85. The van der Waals surface area contributed by atoms with Crippen LogP contribution in [0.4, 0.5) is 0 Å². The molecule has 2 N–H and O–H groups in total. The van der Waals surface area contributed by atoms with Crippen LogP contribution in [0, 0.1) is 0 Å². The lowest BCUT2D eigenvalue weighted by Crippen LogP contribution is -2.10. The minimum atomic E-state index is -0.723. The fourth-order valence-corrected chi connectivity index (χ4v) is 3.41. The number of aryl methyl sites for hydroxylation is 1. The maximum atomic E-state index is 12.1. The predicted octanol–water partition coefficient (Wildman–Crippen LogP) is 3.58. The van der Waals surface area contributed by atoms with Crippen LogP contribution in [-0.2, 0) is 24.1 Å². The molecule has 1 heterocycles. The van der Waals surface area contributed by atoms with Crippen molar-refractivity contribution in [1.82, 2.24) is 9.55 Å². The summed E-state index contributed by atoms with van der Waals surface area (Å²) in [7, 11) is 2.84. The molecule has 0 fully saturated rings. The number of hydrogen-bond donors (Lipinski definition) is 2. The van der Waals surface area contributed by atoms with Crippen molar-refractivity contribution in [2.75, 3.05) is 14.2 Å². The summed E-state index contributed by atoms with van der Waals surface area (Å²) in [5.74, 6) is 0.135. The third kappa shape index (κ3) is 4.46. The van der Waals surface area contributed by atoms with Crippen LogP contribution in [0.3, 0.4) is 0 Å². The SMILES string of the molecule is COC(=O)c1c(O)cc(O)c(Cl)c1CCc1nccn1Cc1cccc(OC)c1. The van der Waals surface area contributed by atoms with E-state index in [9.17, 15) is 15.0 Å². The first-order chi connectivity index (χ1) is 13.9. The van der Waals surface area contributed by atoms with Crippen molar-refractivity contribution in [3.05, 3.63) is 70.3 Å². The van der Waals surface area contributed by atoms with Gasteiger partial charge in [-0.3, -0.25) is 0 Å². The van der Waals surface area contributed by atoms with E-state index in [1.807, 2.05) is 35.0 Å². The van der Waals surface area contributed by atoms with Crippen LogP contribution < -0.4 is 4.74 Å². The zero-order valence-corrected chi connectivity index (χ0v) is 16.8. The number of phenolic OH excluding ortho intramolecular Hbond substituents is 2. The highest BCUT2D eigenvalue weighted by molar-refractivity contribution is 6.33. The molecule has 0 saturated carbocycles. The molecule has 1 aromatic heterocycles. The summed E-state index contributed by atoms with van der Waals surface area (Å²) in [5, 5.41) is 20.0. The van der Waals surface area contributed by atoms with Crippen molar-refractivity contribution < 1.29 is 24.5 Å². The van der Waals surface area contributed by atoms with Crippen molar-refractivity contribution in [2.45, 2.75) is 19.4 Å². The van der Waals surface area contributed by atoms with E-state index in [1.54, 1.807) is 13.3 Å². The minimum Gasteiger partial charge on any atom is -0.507 e. The molecule has 0 aliphatic heterocycles. The number of aromatic hydroxyl groups is 2. The Morgan fingerprint density at radius 2 is 1.97 bits per heavy atom. The third-order valence-electron chi connectivity index (χ3n) is 4.60. The molecule has 0 radical (unpaired) electrons. The second-order valence-electron chi connectivity index (χ2n) is 6.40. The van der Waals surface area contributed by atoms with Crippen molar-refractivity contribution in [1.29, 1.82) is 0 Å². The zero-order valence-electron chi connectivity index (χ0n) is 16.1. The number of imidazole rings is 1. The highest BCUT2D eigenvalue weighted by Crippen LogP contribution is 2.37. The van der Waals surface area contributed by atoms with Crippen LogP contribution in [0.15, 0.2) is 42.7 Å². The molecule has 152 valence electrons. The second-order valence-corrected chi connectivity index (χ2v) is 6.77. The number of aromatic nitrogens is 2. The van der Waals surface area contributed by atoms with E-state index >= 15 is 0 Å². The van der Waals surface area contributed by atoms with Crippen LogP contribution in [0.1, 0.15) is 27.3 Å². The van der Waals surface area contributed by atoms with Gasteiger partial charge in [0.15, 0.2) is 0 Å². The van der Waals surface area contributed by atoms with Crippen molar-refractivity contribution in [3.8, 4) is 17.2 Å². The van der Waals surface area contributed by atoms with Gasteiger partial charge in [0, 0.05) is 31.4 Å². The van der Waals surface area contributed by atoms with E-state index in [-0.39, 0.29) is 28.5 Å². The lowest BCUT2D eigenvalue weighted by atomic mass is 10.0. The second kappa shape index (κ2) is 8.87. The summed E-state index contributed by atoms with van der Waals surface area (Å²) < 4.78 is 12.0. The van der Waals surface area contributed by atoms with Crippen molar-refractivity contribution in [3.63, 3.8) is 0 Å². The molecule has 0 amide bonds. The van der Waals surface area contributed by atoms with E-state index in [4.69, 9.17) is 21.1 Å². The monoisotopic (exact) mass is 416 g/mol. The largest absolute Gasteiger partial charge is 0.507 e. The maximum Gasteiger partial charge on any atom is 0.341 e. The molecule has 2 aromatic carbocycles. The Morgan fingerprint density at radius 3 is 2.69 bits per heavy atom. The average molecular weight is 417 g/mol. The normalized spacial score (nSPS) is 10.7. The van der Waals surface area contributed by atoms with Gasteiger partial charge < -0.3 is 24.3 Å². The smallest absolute Gasteiger partial charge is 0.341 e. The first-order valence-corrected chi connectivity index (χ1v) is 9.27. The first-order valence-electron chi connectivity index (χ1n) is 8.89. The number of hydrogen-bond acceptors (Lipinski definition) is 6. The summed E-state index contributed by atoms with van der Waals surface area (Å²) in [6.07, 6.45) is 4.26. The van der Waals surface area contributed by atoms with E-state index < -0.39 is 5.97 Å². The number of carbonyl (C=O) groups excluding carboxylic acids is 1. The predicted molar refractivity (Wildman–Crippen MR) is 108 cm³/mol. The molecule has 0 aliphatic carbocycles. The molecule has 8 heteroatoms. The number of esters is 1. The molecule has 0 aliphatic rings. The van der Waals surface area contributed by atoms with Gasteiger partial charge in [-0.25, -0.2) is 9.78 Å². The molecule has 0 unspecified atom stereocenters. The number of nitrogens with zero attached hydrogens (tertiary/aromatic N) is 2. The Labute approximate surface area is 173 Å². The highest BCUT2D eigenvalue weighted by Gasteiger charge is 2.23. The fourth-order valence-electron chi connectivity index (χ4n) is 3.17. The van der Waals surface area contributed by atoms with Crippen molar-refractivity contribution in [2.24, 2.45) is 0 Å². The van der Waals surface area contributed by atoms with Crippen LogP contribution in [0.25, 0.3) is 0 Å². The lowest BCUT2D eigenvalue weighted by molar-refractivity contribution is 0.0596. The molecule has 3 aromatic rings. The van der Waals surface area contributed by atoms with E-state index in [2.05, 4.69) is 4.98 Å². The molecule has 29 heavy (non-hydrogen) atoms. The number of methoxy groups -OCH3 is 2. The highest BCUT2D eigenvalue weighted by atomic mass is 35.5. The number of ether oxygens (including phenoxy) is 2. The molecule has 0 spiro atoms. The van der Waals surface area contributed by atoms with Crippen LogP contribution >= 0.6 is 11.6 Å². The number of phenols is 2. The van der Waals surface area contributed by atoms with E-state index in [0.29, 0.717) is 18.5 Å². The molecule has 0 atom stereocenters. The van der Waals surface area contributed by atoms with E-state index in [1.165, 1.54) is 7.11 Å². The number of carbonyl (C=O) groups is 1. The summed E-state index contributed by atoms with van der Waals surface area (Å²) in [4.78, 5) is 16.5. The molecule has 0 bridgehead atoms. The van der Waals surface area contributed by atoms with Crippen molar-refractivity contribution >= 4 is 17.6 Å². The molecule has 3 rings (SSSR count). The summed E-state index contributed by atoms with van der Waals surface area (Å²) in [5.41, 5.74) is 1.31. The Kier molecular flexibility index (Phi) is 6.29. The average Bonchev–Trinajstić information content (AvgIpc) is 3.16. The molecular weight excluding hydrogens is 396 g/mol. The molecule has 7 nitrogen and oxygen atoms in total. The topological polar surface area (TPSA) is 93.8 Å². The Morgan fingerprint density at radius 1 is 1.17 bits per heavy atom. The summed E-state index contributed by atoms with van der Waals surface area (Å²) in [6.45, 7) is 0.593. The van der Waals surface area contributed by atoms with Gasteiger partial charge in [-0.05, 0) is 29.7 Å². The zero-order chi connectivity index (χ0) is 21.0. The van der Waals surface area contributed by atoms with Gasteiger partial charge in [0.05, 0.1) is 19.2 Å². The maximum absolute atomic E-state index is 12.1.